The maximum atomic E-state index is 11.7. The van der Waals surface area contributed by atoms with Gasteiger partial charge in [-0.05, 0) is 30.0 Å². The van der Waals surface area contributed by atoms with E-state index >= 15 is 0 Å². The van der Waals surface area contributed by atoms with Gasteiger partial charge in [0.1, 0.15) is 0 Å². The van der Waals surface area contributed by atoms with Crippen molar-refractivity contribution in [3.05, 3.63) is 34.9 Å². The van der Waals surface area contributed by atoms with Gasteiger partial charge >= 0.3 is 0 Å². The van der Waals surface area contributed by atoms with E-state index in [1.807, 2.05) is 18.2 Å². The number of amides is 1. The second kappa shape index (κ2) is 2.61. The molecule has 1 aliphatic heterocycles. The average Bonchev–Trinajstić information content (AvgIpc) is 2.90. The quantitative estimate of drug-likeness (QED) is 0.746. The molecule has 2 aliphatic rings. The maximum Gasteiger partial charge on any atom is 0.254 e. The second-order valence-electron chi connectivity index (χ2n) is 4.56. The van der Waals surface area contributed by atoms with Gasteiger partial charge in [-0.15, -0.1) is 0 Å². The van der Waals surface area contributed by atoms with Crippen molar-refractivity contribution in [2.75, 3.05) is 7.05 Å². The molecule has 1 aromatic rings. The van der Waals surface area contributed by atoms with E-state index in [4.69, 9.17) is 0 Å². The third-order valence-electron chi connectivity index (χ3n) is 3.36. The molecule has 0 spiro atoms. The monoisotopic (exact) mass is 203 g/mol. The van der Waals surface area contributed by atoms with Crippen molar-refractivity contribution in [3.8, 4) is 0 Å². The molecule has 1 aliphatic carbocycles. The fourth-order valence-electron chi connectivity index (χ4n) is 2.14. The molecule has 1 aromatic carbocycles. The first-order valence-electron chi connectivity index (χ1n) is 5.21. The Morgan fingerprint density at radius 2 is 2.13 bits per heavy atom. The number of nitrogens with zero attached hydrogens (tertiary/aromatic N) is 1. The summed E-state index contributed by atoms with van der Waals surface area (Å²) in [5.41, 5.74) is 2.08. The number of benzene rings is 1. The zero-order valence-electron chi connectivity index (χ0n) is 8.66. The Kier molecular flexibility index (Phi) is 1.55. The van der Waals surface area contributed by atoms with Gasteiger partial charge in [-0.2, -0.15) is 0 Å². The Balaban J connectivity index is 2.08. The summed E-state index contributed by atoms with van der Waals surface area (Å²) in [5.74, 6) is 0.0658. The SMILES string of the molecule is CN1Cc2ccc(C3(O)CC3)cc2C1=O. The summed E-state index contributed by atoms with van der Waals surface area (Å²) in [6.07, 6.45) is 1.63. The van der Waals surface area contributed by atoms with Crippen LogP contribution in [0, 0.1) is 0 Å². The lowest BCUT2D eigenvalue weighted by atomic mass is 10.0. The summed E-state index contributed by atoms with van der Waals surface area (Å²) >= 11 is 0. The van der Waals surface area contributed by atoms with E-state index in [0.29, 0.717) is 6.54 Å². The van der Waals surface area contributed by atoms with E-state index in [1.54, 1.807) is 11.9 Å². The van der Waals surface area contributed by atoms with Crippen LogP contribution in [0.4, 0.5) is 0 Å². The second-order valence-corrected chi connectivity index (χ2v) is 4.56. The van der Waals surface area contributed by atoms with Gasteiger partial charge in [0.15, 0.2) is 0 Å². The highest BCUT2D eigenvalue weighted by atomic mass is 16.3. The predicted molar refractivity (Wildman–Crippen MR) is 55.4 cm³/mol. The lowest BCUT2D eigenvalue weighted by Crippen LogP contribution is -2.17. The number of aliphatic hydroxyl groups is 1. The molecule has 78 valence electrons. The standard InChI is InChI=1S/C12H13NO2/c1-13-7-8-2-3-9(12(15)4-5-12)6-10(8)11(13)14/h2-3,6,15H,4-5,7H2,1H3. The molecule has 0 atom stereocenters. The van der Waals surface area contributed by atoms with Gasteiger partial charge in [-0.25, -0.2) is 0 Å². The lowest BCUT2D eigenvalue weighted by Gasteiger charge is -2.08. The Labute approximate surface area is 88.3 Å². The van der Waals surface area contributed by atoms with E-state index in [1.165, 1.54) is 0 Å². The fourth-order valence-corrected chi connectivity index (χ4v) is 2.14. The predicted octanol–water partition coefficient (Wildman–Crippen LogP) is 1.25. The molecule has 0 unspecified atom stereocenters. The highest BCUT2D eigenvalue weighted by Gasteiger charge is 2.42. The molecule has 1 heterocycles. The first kappa shape index (κ1) is 8.92. The summed E-state index contributed by atoms with van der Waals surface area (Å²) in [7, 11) is 1.80. The van der Waals surface area contributed by atoms with Crippen LogP contribution in [-0.4, -0.2) is 23.0 Å². The van der Waals surface area contributed by atoms with E-state index in [0.717, 1.165) is 29.5 Å². The third kappa shape index (κ3) is 1.20. The number of carbonyl (C=O) groups excluding carboxylic acids is 1. The summed E-state index contributed by atoms with van der Waals surface area (Å²) in [5, 5.41) is 9.96. The normalized spacial score (nSPS) is 21.7. The first-order chi connectivity index (χ1) is 7.10. The third-order valence-corrected chi connectivity index (χ3v) is 3.36. The van der Waals surface area contributed by atoms with Gasteiger partial charge in [0.05, 0.1) is 5.60 Å². The molecule has 0 saturated heterocycles. The molecular weight excluding hydrogens is 190 g/mol. The molecule has 15 heavy (non-hydrogen) atoms. The summed E-state index contributed by atoms with van der Waals surface area (Å²) in [6, 6.07) is 5.76. The molecule has 0 aromatic heterocycles. The van der Waals surface area contributed by atoms with Gasteiger partial charge in [0, 0.05) is 19.2 Å². The molecule has 0 radical (unpaired) electrons. The van der Waals surface area contributed by atoms with Gasteiger partial charge in [0.25, 0.3) is 5.91 Å². The van der Waals surface area contributed by atoms with Crippen molar-refractivity contribution in [2.45, 2.75) is 25.0 Å². The summed E-state index contributed by atoms with van der Waals surface area (Å²) in [6.45, 7) is 0.687. The van der Waals surface area contributed by atoms with E-state index in [9.17, 15) is 9.90 Å². The fraction of sp³-hybridized carbons (Fsp3) is 0.417. The van der Waals surface area contributed by atoms with Crippen LogP contribution >= 0.6 is 0 Å². The van der Waals surface area contributed by atoms with Crippen molar-refractivity contribution >= 4 is 5.91 Å². The minimum atomic E-state index is -0.642. The van der Waals surface area contributed by atoms with Crippen LogP contribution in [0.2, 0.25) is 0 Å². The summed E-state index contributed by atoms with van der Waals surface area (Å²) < 4.78 is 0. The average molecular weight is 203 g/mol. The van der Waals surface area contributed by atoms with Crippen LogP contribution in [0.15, 0.2) is 18.2 Å². The number of hydrogen-bond acceptors (Lipinski definition) is 2. The minimum Gasteiger partial charge on any atom is -0.385 e. The van der Waals surface area contributed by atoms with E-state index in [2.05, 4.69) is 0 Å². The van der Waals surface area contributed by atoms with Crippen molar-refractivity contribution in [3.63, 3.8) is 0 Å². The molecule has 3 rings (SSSR count). The molecule has 3 heteroatoms. The Hall–Kier alpha value is -1.35. The molecule has 1 amide bonds. The first-order valence-corrected chi connectivity index (χ1v) is 5.21. The Morgan fingerprint density at radius 1 is 1.40 bits per heavy atom. The van der Waals surface area contributed by atoms with Crippen LogP contribution in [0.5, 0.6) is 0 Å². The van der Waals surface area contributed by atoms with Gasteiger partial charge in [0.2, 0.25) is 0 Å². The topological polar surface area (TPSA) is 40.5 Å². The van der Waals surface area contributed by atoms with E-state index < -0.39 is 5.60 Å². The van der Waals surface area contributed by atoms with Crippen LogP contribution in [0.3, 0.4) is 0 Å². The van der Waals surface area contributed by atoms with Crippen molar-refractivity contribution in [1.29, 1.82) is 0 Å². The van der Waals surface area contributed by atoms with Crippen LogP contribution in [0.1, 0.15) is 34.3 Å². The molecule has 0 bridgehead atoms. The number of fused-ring (bicyclic) bond motifs is 1. The molecule has 1 saturated carbocycles. The summed E-state index contributed by atoms with van der Waals surface area (Å²) in [4.78, 5) is 13.4. The molecule has 1 fully saturated rings. The van der Waals surface area contributed by atoms with Crippen molar-refractivity contribution < 1.29 is 9.90 Å². The Bertz CT molecular complexity index is 449. The van der Waals surface area contributed by atoms with Crippen LogP contribution in [0.25, 0.3) is 0 Å². The van der Waals surface area contributed by atoms with Gasteiger partial charge < -0.3 is 10.0 Å². The number of carbonyl (C=O) groups is 1. The minimum absolute atomic E-state index is 0.0658. The maximum absolute atomic E-state index is 11.7. The largest absolute Gasteiger partial charge is 0.385 e. The highest BCUT2D eigenvalue weighted by Crippen LogP contribution is 2.46. The number of hydrogen-bond donors (Lipinski definition) is 1. The molecular formula is C12H13NO2. The van der Waals surface area contributed by atoms with Crippen LogP contribution in [-0.2, 0) is 12.1 Å². The number of rotatable bonds is 1. The lowest BCUT2D eigenvalue weighted by molar-refractivity contribution is 0.0816. The Morgan fingerprint density at radius 3 is 2.80 bits per heavy atom. The van der Waals surface area contributed by atoms with Gasteiger partial charge in [-0.1, -0.05) is 12.1 Å². The molecule has 3 nitrogen and oxygen atoms in total. The highest BCUT2D eigenvalue weighted by molar-refractivity contribution is 5.98. The molecule has 1 N–H and O–H groups in total. The zero-order valence-corrected chi connectivity index (χ0v) is 8.66. The van der Waals surface area contributed by atoms with E-state index in [-0.39, 0.29) is 5.91 Å². The smallest absolute Gasteiger partial charge is 0.254 e. The van der Waals surface area contributed by atoms with Crippen molar-refractivity contribution in [1.82, 2.24) is 4.90 Å². The van der Waals surface area contributed by atoms with Crippen molar-refractivity contribution in [2.24, 2.45) is 0 Å². The van der Waals surface area contributed by atoms with Gasteiger partial charge in [-0.3, -0.25) is 4.79 Å². The zero-order chi connectivity index (χ0) is 10.6. The van der Waals surface area contributed by atoms with Crippen LogP contribution < -0.4 is 0 Å².